The average Bonchev–Trinajstić information content (AvgIpc) is 3.93. The molecule has 0 radical (unpaired) electrons. The van der Waals surface area contributed by atoms with Gasteiger partial charge in [-0.15, -0.1) is 0 Å². The second-order valence-electron chi connectivity index (χ2n) is 23.4. The lowest BCUT2D eigenvalue weighted by molar-refractivity contribution is 0.590. The highest BCUT2D eigenvalue weighted by Gasteiger charge is 2.44. The van der Waals surface area contributed by atoms with Crippen LogP contribution in [0.15, 0.2) is 255 Å². The zero-order valence-electron chi connectivity index (χ0n) is 45.2. The van der Waals surface area contributed by atoms with Crippen LogP contribution in [0.1, 0.15) is 52.7 Å². The summed E-state index contributed by atoms with van der Waals surface area (Å²) < 4.78 is 2.55. The van der Waals surface area contributed by atoms with Crippen LogP contribution in [0.5, 0.6) is 0 Å². The fourth-order valence-corrected chi connectivity index (χ4v) is 12.4. The first-order valence-corrected chi connectivity index (χ1v) is 27.5. The molecule has 3 heterocycles. The Morgan fingerprint density at radius 2 is 0.615 bits per heavy atom. The molecule has 11 aromatic carbocycles. The van der Waals surface area contributed by atoms with Gasteiger partial charge >= 0.3 is 0 Å². The Hall–Kier alpha value is -9.12. The van der Waals surface area contributed by atoms with Crippen molar-refractivity contribution in [2.24, 2.45) is 0 Å². The van der Waals surface area contributed by atoms with Gasteiger partial charge in [0.1, 0.15) is 0 Å². The summed E-state index contributed by atoms with van der Waals surface area (Å²) >= 11 is 0. The molecule has 374 valence electrons. The van der Waals surface area contributed by atoms with E-state index in [1.165, 1.54) is 94.2 Å². The molecule has 0 amide bonds. The molecule has 12 aromatic rings. The van der Waals surface area contributed by atoms with Crippen LogP contribution in [-0.2, 0) is 10.8 Å². The van der Waals surface area contributed by atoms with Crippen LogP contribution in [-0.4, -0.2) is 11.3 Å². The number of aromatic nitrogens is 1. The first kappa shape index (κ1) is 47.3. The fourth-order valence-electron chi connectivity index (χ4n) is 12.4. The number of anilines is 6. The van der Waals surface area contributed by atoms with E-state index in [1.54, 1.807) is 0 Å². The molecule has 2 aliphatic rings. The van der Waals surface area contributed by atoms with E-state index in [1.807, 2.05) is 0 Å². The van der Waals surface area contributed by atoms with Gasteiger partial charge in [0.25, 0.3) is 6.71 Å². The molecule has 78 heavy (non-hydrogen) atoms. The molecule has 1 aromatic heterocycles. The van der Waals surface area contributed by atoms with E-state index in [0.29, 0.717) is 0 Å². The van der Waals surface area contributed by atoms with Crippen molar-refractivity contribution in [3.8, 4) is 50.2 Å². The van der Waals surface area contributed by atoms with Crippen molar-refractivity contribution >= 4 is 79.0 Å². The monoisotopic (exact) mass is 1000 g/mol. The zero-order valence-corrected chi connectivity index (χ0v) is 45.2. The molecular formula is C74H60BN3. The van der Waals surface area contributed by atoms with Crippen LogP contribution in [0.2, 0.25) is 0 Å². The van der Waals surface area contributed by atoms with E-state index < -0.39 is 0 Å². The molecule has 0 unspecified atom stereocenters. The minimum Gasteiger partial charge on any atom is -0.311 e. The van der Waals surface area contributed by atoms with Crippen LogP contribution < -0.4 is 26.2 Å². The number of fused-ring (bicyclic) bond motifs is 7. The van der Waals surface area contributed by atoms with Crippen molar-refractivity contribution in [3.63, 3.8) is 0 Å². The van der Waals surface area contributed by atoms with Gasteiger partial charge in [-0.25, -0.2) is 0 Å². The van der Waals surface area contributed by atoms with E-state index >= 15 is 0 Å². The van der Waals surface area contributed by atoms with E-state index in [4.69, 9.17) is 0 Å². The Kier molecular flexibility index (Phi) is 11.1. The van der Waals surface area contributed by atoms with E-state index in [9.17, 15) is 0 Å². The molecule has 14 rings (SSSR count). The summed E-state index contributed by atoms with van der Waals surface area (Å²) in [6, 6.07) is 95.7. The van der Waals surface area contributed by atoms with Crippen molar-refractivity contribution in [2.45, 2.75) is 52.4 Å². The van der Waals surface area contributed by atoms with E-state index in [0.717, 1.165) is 39.5 Å². The minimum atomic E-state index is -0.107. The summed E-state index contributed by atoms with van der Waals surface area (Å²) in [5, 5.41) is 2.44. The second-order valence-corrected chi connectivity index (χ2v) is 23.4. The highest BCUT2D eigenvalue weighted by molar-refractivity contribution is 7.00. The maximum atomic E-state index is 2.57. The van der Waals surface area contributed by atoms with Crippen LogP contribution in [0.3, 0.4) is 0 Å². The molecule has 0 aliphatic carbocycles. The van der Waals surface area contributed by atoms with Gasteiger partial charge in [-0.05, 0) is 144 Å². The Bertz CT molecular complexity index is 3970. The molecule has 3 nitrogen and oxygen atoms in total. The fraction of sp³-hybridized carbons (Fsp3) is 0.108. The number of hydrogen-bond acceptors (Lipinski definition) is 2. The van der Waals surface area contributed by atoms with Crippen molar-refractivity contribution in [1.29, 1.82) is 0 Å². The molecule has 0 saturated carbocycles. The summed E-state index contributed by atoms with van der Waals surface area (Å²) in [5.41, 5.74) is 26.3. The zero-order chi connectivity index (χ0) is 52.9. The first-order chi connectivity index (χ1) is 37.9. The van der Waals surface area contributed by atoms with Crippen LogP contribution in [0.4, 0.5) is 34.1 Å². The normalized spacial score (nSPS) is 12.9. The van der Waals surface area contributed by atoms with Gasteiger partial charge < -0.3 is 14.4 Å². The molecule has 0 saturated heterocycles. The predicted octanol–water partition coefficient (Wildman–Crippen LogP) is 18.1. The van der Waals surface area contributed by atoms with Gasteiger partial charge in [0, 0.05) is 44.9 Å². The van der Waals surface area contributed by atoms with Gasteiger partial charge in [-0.3, -0.25) is 0 Å². The third-order valence-corrected chi connectivity index (χ3v) is 16.5. The number of nitrogens with zero attached hydrogens (tertiary/aromatic N) is 3. The van der Waals surface area contributed by atoms with Gasteiger partial charge in [0.05, 0.1) is 16.7 Å². The number of hydrogen-bond donors (Lipinski definition) is 0. The van der Waals surface area contributed by atoms with Crippen LogP contribution in [0, 0.1) is 0 Å². The summed E-state index contributed by atoms with van der Waals surface area (Å²) in [6.07, 6.45) is 0. The molecule has 0 fully saturated rings. The minimum absolute atomic E-state index is 0.00987. The van der Waals surface area contributed by atoms with Crippen molar-refractivity contribution in [3.05, 3.63) is 266 Å². The average molecular weight is 1000 g/mol. The van der Waals surface area contributed by atoms with Crippen LogP contribution in [0.25, 0.3) is 72.0 Å². The molecule has 0 spiro atoms. The van der Waals surface area contributed by atoms with E-state index in [-0.39, 0.29) is 17.5 Å². The largest absolute Gasteiger partial charge is 0.311 e. The lowest BCUT2D eigenvalue weighted by atomic mass is 9.33. The van der Waals surface area contributed by atoms with Gasteiger partial charge in [-0.1, -0.05) is 236 Å². The Balaban J connectivity index is 1.12. The number of benzene rings is 11. The van der Waals surface area contributed by atoms with E-state index in [2.05, 4.69) is 311 Å². The van der Waals surface area contributed by atoms with Crippen LogP contribution >= 0.6 is 0 Å². The highest BCUT2D eigenvalue weighted by Crippen LogP contribution is 2.48. The standard InChI is InChI=1S/C74H60BN3/c1-73(2,3)57-31-35-59(36-32-57)76-66-41-29-53(49-19-11-7-12-20-49)43-64(66)75-65-44-54(50-21-13-8-14-22-50)30-42-67(65)77(60-37-33-58(34-38-60)74(4,5)6)71-48-61(47-70(76)72(71)75)78-68-45-55(51-23-15-9-16-24-51)27-39-62(68)63-40-28-56(46-69(63)78)52-25-17-10-18-26-52/h7-48H,1-6H3. The number of rotatable bonds is 7. The van der Waals surface area contributed by atoms with Gasteiger partial charge in [0.15, 0.2) is 0 Å². The molecule has 0 bridgehead atoms. The highest BCUT2D eigenvalue weighted by atomic mass is 15.2. The smallest absolute Gasteiger partial charge is 0.252 e. The second kappa shape index (κ2) is 18.3. The predicted molar refractivity (Wildman–Crippen MR) is 334 cm³/mol. The molecule has 0 atom stereocenters. The van der Waals surface area contributed by atoms with Crippen molar-refractivity contribution in [2.75, 3.05) is 9.80 Å². The Labute approximate surface area is 459 Å². The maximum absolute atomic E-state index is 2.57. The lowest BCUT2D eigenvalue weighted by Crippen LogP contribution is -2.61. The summed E-state index contributed by atoms with van der Waals surface area (Å²) in [7, 11) is 0. The molecule has 4 heteroatoms. The summed E-state index contributed by atoms with van der Waals surface area (Å²) in [5.74, 6) is 0. The van der Waals surface area contributed by atoms with Crippen molar-refractivity contribution in [1.82, 2.24) is 4.57 Å². The van der Waals surface area contributed by atoms with Gasteiger partial charge in [-0.2, -0.15) is 0 Å². The Morgan fingerprint density at radius 1 is 0.282 bits per heavy atom. The lowest BCUT2D eigenvalue weighted by Gasteiger charge is -2.45. The maximum Gasteiger partial charge on any atom is 0.252 e. The third kappa shape index (κ3) is 7.97. The Morgan fingerprint density at radius 3 is 0.962 bits per heavy atom. The molecule has 2 aliphatic heterocycles. The topological polar surface area (TPSA) is 11.4 Å². The SMILES string of the molecule is CC(C)(C)c1ccc(N2c3ccc(-c4ccccc4)cc3B3c4cc(-c5ccccc5)ccc4N(c4ccc(C(C)(C)C)cc4)c4cc(-n5c6cc(-c7ccccc7)ccc6c6ccc(-c7ccccc7)cc65)cc2c43)cc1. The third-order valence-electron chi connectivity index (χ3n) is 16.5. The molecule has 0 N–H and O–H groups in total. The summed E-state index contributed by atoms with van der Waals surface area (Å²) in [6.45, 7) is 13.7. The van der Waals surface area contributed by atoms with Crippen molar-refractivity contribution < 1.29 is 0 Å². The quantitative estimate of drug-likeness (QED) is 0.147. The first-order valence-electron chi connectivity index (χ1n) is 27.5. The summed E-state index contributed by atoms with van der Waals surface area (Å²) in [4.78, 5) is 5.14. The van der Waals surface area contributed by atoms with Gasteiger partial charge in [0.2, 0.25) is 0 Å². The molecular weight excluding hydrogens is 942 g/mol.